The molecule has 0 bridgehead atoms. The van der Waals surface area contributed by atoms with E-state index in [4.69, 9.17) is 0 Å². The maximum Gasteiger partial charge on any atom is 0.573 e. The van der Waals surface area contributed by atoms with Crippen molar-refractivity contribution in [2.24, 2.45) is 5.92 Å². The van der Waals surface area contributed by atoms with Crippen molar-refractivity contribution < 1.29 is 27.5 Å². The molecule has 104 valence electrons. The Morgan fingerprint density at radius 1 is 1.21 bits per heavy atom. The summed E-state index contributed by atoms with van der Waals surface area (Å²) in [6, 6.07) is 4.64. The topological polar surface area (TPSA) is 43.4 Å². The fourth-order valence-electron chi connectivity index (χ4n) is 1.63. The van der Waals surface area contributed by atoms with E-state index >= 15 is 0 Å². The number of carbonyl (C=O) groups excluding carboxylic acids is 2. The van der Waals surface area contributed by atoms with Crippen LogP contribution in [0.5, 0.6) is 5.75 Å². The third kappa shape index (κ3) is 5.11. The summed E-state index contributed by atoms with van der Waals surface area (Å²) in [6.07, 6.45) is -4.65. The van der Waals surface area contributed by atoms with Crippen LogP contribution in [0.3, 0.4) is 0 Å². The lowest BCUT2D eigenvalue weighted by molar-refractivity contribution is -0.274. The minimum atomic E-state index is -4.76. The van der Waals surface area contributed by atoms with Crippen LogP contribution in [0.15, 0.2) is 24.3 Å². The van der Waals surface area contributed by atoms with E-state index in [1.807, 2.05) is 0 Å². The van der Waals surface area contributed by atoms with Crippen molar-refractivity contribution in [2.45, 2.75) is 26.6 Å². The first-order chi connectivity index (χ1) is 8.69. The van der Waals surface area contributed by atoms with Gasteiger partial charge >= 0.3 is 6.36 Å². The number of carbonyl (C=O) groups is 2. The second-order valence-corrected chi connectivity index (χ2v) is 4.24. The fraction of sp³-hybridized carbons (Fsp3) is 0.385. The van der Waals surface area contributed by atoms with E-state index < -0.39 is 12.3 Å². The molecule has 0 fully saturated rings. The Kier molecular flexibility index (Phi) is 4.69. The van der Waals surface area contributed by atoms with Gasteiger partial charge in [-0.25, -0.2) is 0 Å². The smallest absolute Gasteiger partial charge is 0.406 e. The van der Waals surface area contributed by atoms with Crippen LogP contribution in [0.25, 0.3) is 0 Å². The molecule has 0 amide bonds. The number of alkyl halides is 3. The van der Waals surface area contributed by atoms with E-state index in [1.54, 1.807) is 6.92 Å². The summed E-state index contributed by atoms with van der Waals surface area (Å²) < 4.78 is 39.5. The van der Waals surface area contributed by atoms with Gasteiger partial charge in [-0.3, -0.25) is 4.79 Å². The van der Waals surface area contributed by atoms with Crippen LogP contribution in [0, 0.1) is 5.92 Å². The Morgan fingerprint density at radius 3 is 2.16 bits per heavy atom. The summed E-state index contributed by atoms with van der Waals surface area (Å²) in [6.45, 7) is 2.98. The molecule has 0 saturated heterocycles. The van der Waals surface area contributed by atoms with Gasteiger partial charge in [0.2, 0.25) is 0 Å². The van der Waals surface area contributed by atoms with Gasteiger partial charge in [0.25, 0.3) is 0 Å². The third-order valence-electron chi connectivity index (χ3n) is 2.41. The highest BCUT2D eigenvalue weighted by molar-refractivity contribution is 5.99. The van der Waals surface area contributed by atoms with Crippen molar-refractivity contribution in [2.75, 3.05) is 0 Å². The average Bonchev–Trinajstić information content (AvgIpc) is 2.26. The van der Waals surface area contributed by atoms with Gasteiger partial charge in [0.15, 0.2) is 5.78 Å². The molecule has 0 N–H and O–H groups in total. The first-order valence-corrected chi connectivity index (χ1v) is 5.58. The molecule has 19 heavy (non-hydrogen) atoms. The summed E-state index contributed by atoms with van der Waals surface area (Å²) in [4.78, 5) is 22.8. The standard InChI is InChI=1S/C13H13F3O3/c1-8(7-9(2)17)12(18)10-3-5-11(6-4-10)19-13(14,15)16/h3-6,8H,7H2,1-2H3. The molecule has 0 aliphatic heterocycles. The van der Waals surface area contributed by atoms with Gasteiger partial charge in [-0.15, -0.1) is 13.2 Å². The highest BCUT2D eigenvalue weighted by Crippen LogP contribution is 2.23. The first kappa shape index (κ1) is 15.2. The zero-order chi connectivity index (χ0) is 14.6. The molecule has 0 spiro atoms. The first-order valence-electron chi connectivity index (χ1n) is 5.58. The number of ether oxygens (including phenoxy) is 1. The number of halogens is 3. The molecule has 0 radical (unpaired) electrons. The van der Waals surface area contributed by atoms with Crippen LogP contribution < -0.4 is 4.74 Å². The summed E-state index contributed by atoms with van der Waals surface area (Å²) >= 11 is 0. The summed E-state index contributed by atoms with van der Waals surface area (Å²) in [7, 11) is 0. The van der Waals surface area contributed by atoms with Crippen molar-refractivity contribution >= 4 is 11.6 Å². The molecule has 6 heteroatoms. The molecule has 0 aliphatic rings. The summed E-state index contributed by atoms with van der Waals surface area (Å²) in [5.74, 6) is -1.28. The van der Waals surface area contributed by atoms with Gasteiger partial charge in [0, 0.05) is 17.9 Å². The Hall–Kier alpha value is -1.85. The largest absolute Gasteiger partial charge is 0.573 e. The minimum Gasteiger partial charge on any atom is -0.406 e. The molecule has 1 rings (SSSR count). The quantitative estimate of drug-likeness (QED) is 0.773. The third-order valence-corrected chi connectivity index (χ3v) is 2.41. The summed E-state index contributed by atoms with van der Waals surface area (Å²) in [5, 5.41) is 0. The van der Waals surface area contributed by atoms with Gasteiger partial charge in [-0.2, -0.15) is 0 Å². The van der Waals surface area contributed by atoms with Crippen LogP contribution in [0.2, 0.25) is 0 Å². The van der Waals surface area contributed by atoms with Gasteiger partial charge < -0.3 is 9.53 Å². The lowest BCUT2D eigenvalue weighted by atomic mass is 9.95. The van der Waals surface area contributed by atoms with Crippen molar-refractivity contribution in [1.82, 2.24) is 0 Å². The van der Waals surface area contributed by atoms with Gasteiger partial charge in [0.05, 0.1) is 0 Å². The number of rotatable bonds is 5. The van der Waals surface area contributed by atoms with Crippen LogP contribution in [-0.2, 0) is 4.79 Å². The van der Waals surface area contributed by atoms with E-state index in [0.717, 1.165) is 12.1 Å². The molecule has 1 aromatic rings. The number of ketones is 2. The normalized spacial score (nSPS) is 12.9. The van der Waals surface area contributed by atoms with Crippen molar-refractivity contribution in [1.29, 1.82) is 0 Å². The van der Waals surface area contributed by atoms with Crippen LogP contribution >= 0.6 is 0 Å². The molecule has 0 aromatic heterocycles. The number of benzene rings is 1. The molecule has 0 aliphatic carbocycles. The van der Waals surface area contributed by atoms with E-state index in [-0.39, 0.29) is 29.3 Å². The maximum atomic E-state index is 11.9. The van der Waals surface area contributed by atoms with Gasteiger partial charge in [-0.1, -0.05) is 6.92 Å². The molecule has 1 aromatic carbocycles. The average molecular weight is 274 g/mol. The van der Waals surface area contributed by atoms with Crippen molar-refractivity contribution in [3.05, 3.63) is 29.8 Å². The van der Waals surface area contributed by atoms with Crippen molar-refractivity contribution in [3.63, 3.8) is 0 Å². The molecule has 1 unspecified atom stereocenters. The lowest BCUT2D eigenvalue weighted by Crippen LogP contribution is -2.17. The van der Waals surface area contributed by atoms with Crippen LogP contribution in [0.1, 0.15) is 30.6 Å². The molecule has 1 atom stereocenters. The second kappa shape index (κ2) is 5.86. The minimum absolute atomic E-state index is 0.111. The molecular weight excluding hydrogens is 261 g/mol. The Labute approximate surface area is 108 Å². The second-order valence-electron chi connectivity index (χ2n) is 4.24. The van der Waals surface area contributed by atoms with E-state index in [1.165, 1.54) is 19.1 Å². The van der Waals surface area contributed by atoms with Crippen LogP contribution in [-0.4, -0.2) is 17.9 Å². The molecule has 0 saturated carbocycles. The zero-order valence-corrected chi connectivity index (χ0v) is 10.5. The maximum absolute atomic E-state index is 11.9. The fourth-order valence-corrected chi connectivity index (χ4v) is 1.63. The van der Waals surface area contributed by atoms with E-state index in [9.17, 15) is 22.8 Å². The monoisotopic (exact) mass is 274 g/mol. The van der Waals surface area contributed by atoms with Crippen LogP contribution in [0.4, 0.5) is 13.2 Å². The van der Waals surface area contributed by atoms with E-state index in [0.29, 0.717) is 0 Å². The Bertz CT molecular complexity index is 463. The van der Waals surface area contributed by atoms with Crippen molar-refractivity contribution in [3.8, 4) is 5.75 Å². The highest BCUT2D eigenvalue weighted by Gasteiger charge is 2.31. The predicted molar refractivity (Wildman–Crippen MR) is 61.9 cm³/mol. The van der Waals surface area contributed by atoms with Gasteiger partial charge in [-0.05, 0) is 31.2 Å². The van der Waals surface area contributed by atoms with Gasteiger partial charge in [0.1, 0.15) is 11.5 Å². The van der Waals surface area contributed by atoms with E-state index in [2.05, 4.69) is 4.74 Å². The molecule has 0 heterocycles. The number of Topliss-reactive ketones (excluding diaryl/α,β-unsaturated/α-hetero) is 2. The molecular formula is C13H13F3O3. The lowest BCUT2D eigenvalue weighted by Gasteiger charge is -2.11. The Balaban J connectivity index is 2.76. The SMILES string of the molecule is CC(=O)CC(C)C(=O)c1ccc(OC(F)(F)F)cc1. The highest BCUT2D eigenvalue weighted by atomic mass is 19.4. The number of hydrogen-bond acceptors (Lipinski definition) is 3. The number of hydrogen-bond donors (Lipinski definition) is 0. The molecule has 3 nitrogen and oxygen atoms in total. The zero-order valence-electron chi connectivity index (χ0n) is 10.5. The summed E-state index contributed by atoms with van der Waals surface area (Å²) in [5.41, 5.74) is 0.253. The predicted octanol–water partition coefficient (Wildman–Crippen LogP) is 3.38. The Morgan fingerprint density at radius 2 is 1.74 bits per heavy atom.